The number of aromatic nitrogens is 1. The molecule has 7 nitrogen and oxygen atoms in total. The fourth-order valence-corrected chi connectivity index (χ4v) is 2.45. The molecule has 130 valence electrons. The maximum Gasteiger partial charge on any atom is 0.303 e. The number of nitrogens with zero attached hydrogens (tertiary/aromatic N) is 1. The molecule has 0 aromatic carbocycles. The van der Waals surface area contributed by atoms with E-state index >= 15 is 0 Å². The van der Waals surface area contributed by atoms with Crippen LogP contribution in [-0.4, -0.2) is 40.2 Å². The minimum Gasteiger partial charge on any atom is -0.481 e. The van der Waals surface area contributed by atoms with Crippen LogP contribution in [0.25, 0.3) is 0 Å². The predicted molar refractivity (Wildman–Crippen MR) is 87.5 cm³/mol. The van der Waals surface area contributed by atoms with Gasteiger partial charge in [0.1, 0.15) is 0 Å². The zero-order valence-corrected chi connectivity index (χ0v) is 14.7. The van der Waals surface area contributed by atoms with E-state index in [4.69, 9.17) is 5.11 Å². The summed E-state index contributed by atoms with van der Waals surface area (Å²) >= 11 is 3.21. The molecule has 1 aromatic rings. The Morgan fingerprint density at radius 2 is 1.96 bits per heavy atom. The summed E-state index contributed by atoms with van der Waals surface area (Å²) in [6.07, 6.45) is 3.79. The number of hydrogen-bond acceptors (Lipinski definition) is 6. The molecule has 0 radical (unpaired) electrons. The minimum atomic E-state index is -0.991. The Bertz CT molecular complexity index is 631. The largest absolute Gasteiger partial charge is 0.481 e. The second-order valence-corrected chi connectivity index (χ2v) is 6.11. The highest BCUT2D eigenvalue weighted by molar-refractivity contribution is 9.10. The number of ether oxygens (including phenoxy) is 1. The summed E-state index contributed by atoms with van der Waals surface area (Å²) in [5, 5.41) is 8.65. The summed E-state index contributed by atoms with van der Waals surface area (Å²) < 4.78 is 5.28. The van der Waals surface area contributed by atoms with E-state index in [1.54, 1.807) is 6.07 Å². The fourth-order valence-electron chi connectivity index (χ4n) is 2.08. The number of rotatable bonds is 10. The number of carboxylic acid groups (broad SMARTS) is 1. The smallest absolute Gasteiger partial charge is 0.303 e. The van der Waals surface area contributed by atoms with Crippen LogP contribution in [0.3, 0.4) is 0 Å². The third-order valence-electron chi connectivity index (χ3n) is 3.25. The van der Waals surface area contributed by atoms with Crippen LogP contribution in [0.5, 0.6) is 0 Å². The van der Waals surface area contributed by atoms with Crippen molar-refractivity contribution in [2.45, 2.75) is 32.6 Å². The number of unbranched alkanes of at least 4 members (excludes halogenated alkanes) is 1. The molecule has 0 aliphatic heterocycles. The van der Waals surface area contributed by atoms with Crippen molar-refractivity contribution in [3.05, 3.63) is 28.5 Å². The molecule has 1 unspecified atom stereocenters. The third kappa shape index (κ3) is 6.99. The van der Waals surface area contributed by atoms with Crippen LogP contribution in [-0.2, 0) is 19.1 Å². The van der Waals surface area contributed by atoms with Crippen molar-refractivity contribution in [1.29, 1.82) is 0 Å². The Morgan fingerprint density at radius 1 is 1.25 bits per heavy atom. The molecule has 0 aliphatic carbocycles. The zero-order valence-electron chi connectivity index (χ0n) is 13.2. The third-order valence-corrected chi connectivity index (χ3v) is 3.68. The lowest BCUT2D eigenvalue weighted by molar-refractivity contribution is -0.146. The normalized spacial score (nSPS) is 11.6. The van der Waals surface area contributed by atoms with Crippen LogP contribution in [0.1, 0.15) is 43.0 Å². The average Bonchev–Trinajstić information content (AvgIpc) is 2.51. The summed E-state index contributed by atoms with van der Waals surface area (Å²) in [6, 6.07) is 1.55. The number of esters is 1. The number of pyridine rings is 1. The topological polar surface area (TPSA) is 111 Å². The molecule has 0 saturated carbocycles. The zero-order chi connectivity index (χ0) is 18.1. The van der Waals surface area contributed by atoms with Crippen molar-refractivity contribution in [2.75, 3.05) is 6.61 Å². The van der Waals surface area contributed by atoms with E-state index in [1.807, 2.05) is 0 Å². The van der Waals surface area contributed by atoms with Gasteiger partial charge in [0.25, 0.3) is 0 Å². The number of Topliss-reactive ketones (excluding diaryl/α,β-unsaturated/α-hetero) is 2. The number of carbonyl (C=O) groups excluding carboxylic acids is 3. The molecule has 0 aliphatic rings. The Hall–Kier alpha value is -2.09. The van der Waals surface area contributed by atoms with Crippen molar-refractivity contribution in [1.82, 2.24) is 4.98 Å². The van der Waals surface area contributed by atoms with Crippen LogP contribution in [0, 0.1) is 5.92 Å². The molecule has 0 amide bonds. The molecule has 1 rings (SSSR count). The minimum absolute atomic E-state index is 0.0303. The van der Waals surface area contributed by atoms with Gasteiger partial charge >= 0.3 is 11.9 Å². The summed E-state index contributed by atoms with van der Waals surface area (Å²) in [6.45, 7) is 0.696. The maximum absolute atomic E-state index is 12.6. The Kier molecular flexibility index (Phi) is 8.25. The van der Waals surface area contributed by atoms with Crippen LogP contribution >= 0.6 is 15.9 Å². The first-order chi connectivity index (χ1) is 11.3. The lowest BCUT2D eigenvalue weighted by Crippen LogP contribution is -2.28. The Morgan fingerprint density at radius 3 is 2.54 bits per heavy atom. The molecule has 1 aromatic heterocycles. The second-order valence-electron chi connectivity index (χ2n) is 5.19. The molecular formula is C16H18BrNO6. The van der Waals surface area contributed by atoms with E-state index in [1.165, 1.54) is 19.3 Å². The molecule has 1 N–H and O–H groups in total. The summed E-state index contributed by atoms with van der Waals surface area (Å²) in [7, 11) is 0. The van der Waals surface area contributed by atoms with Crippen LogP contribution in [0.4, 0.5) is 0 Å². The molecule has 0 saturated heterocycles. The summed E-state index contributed by atoms with van der Waals surface area (Å²) in [4.78, 5) is 50.1. The number of aliphatic carboxylic acids is 1. The monoisotopic (exact) mass is 399 g/mol. The van der Waals surface area contributed by atoms with Gasteiger partial charge in [0.15, 0.2) is 18.2 Å². The molecule has 1 heterocycles. The molecule has 0 fully saturated rings. The maximum atomic E-state index is 12.6. The lowest BCUT2D eigenvalue weighted by atomic mass is 9.89. The highest BCUT2D eigenvalue weighted by atomic mass is 79.9. The van der Waals surface area contributed by atoms with Crippen molar-refractivity contribution < 1.29 is 29.0 Å². The van der Waals surface area contributed by atoms with E-state index < -0.39 is 36.0 Å². The van der Waals surface area contributed by atoms with Crippen molar-refractivity contribution >= 4 is 39.4 Å². The first-order valence-corrected chi connectivity index (χ1v) is 8.13. The van der Waals surface area contributed by atoms with Gasteiger partial charge in [0.05, 0.1) is 5.92 Å². The van der Waals surface area contributed by atoms with Crippen LogP contribution < -0.4 is 0 Å². The Labute approximate surface area is 147 Å². The molecule has 1 atom stereocenters. The van der Waals surface area contributed by atoms with Gasteiger partial charge in [-0.15, -0.1) is 0 Å². The summed E-state index contributed by atoms with van der Waals surface area (Å²) in [5.74, 6) is -3.46. The van der Waals surface area contributed by atoms with E-state index in [0.717, 1.165) is 0 Å². The van der Waals surface area contributed by atoms with Gasteiger partial charge in [-0.05, 0) is 34.8 Å². The predicted octanol–water partition coefficient (Wildman–Crippen LogP) is 2.42. The van der Waals surface area contributed by atoms with E-state index in [9.17, 15) is 19.2 Å². The van der Waals surface area contributed by atoms with E-state index in [2.05, 4.69) is 25.7 Å². The number of carboxylic acids is 1. The number of halogens is 1. The number of hydrogen-bond donors (Lipinski definition) is 1. The lowest BCUT2D eigenvalue weighted by Gasteiger charge is -2.14. The molecule has 0 spiro atoms. The van der Waals surface area contributed by atoms with E-state index in [0.29, 0.717) is 17.3 Å². The highest BCUT2D eigenvalue weighted by Crippen LogP contribution is 2.19. The SMILES string of the molecule is CC(=O)OCC(=O)C(CCCCC(=O)O)C(=O)c1cncc(Br)c1. The van der Waals surface area contributed by atoms with E-state index in [-0.39, 0.29) is 18.4 Å². The van der Waals surface area contributed by atoms with Gasteiger partial charge < -0.3 is 9.84 Å². The van der Waals surface area contributed by atoms with Gasteiger partial charge in [-0.25, -0.2) is 0 Å². The quantitative estimate of drug-likeness (QED) is 0.278. The van der Waals surface area contributed by atoms with Gasteiger partial charge in [-0.1, -0.05) is 6.42 Å². The average molecular weight is 400 g/mol. The molecule has 0 bridgehead atoms. The van der Waals surface area contributed by atoms with Gasteiger partial charge in [-0.3, -0.25) is 24.2 Å². The highest BCUT2D eigenvalue weighted by Gasteiger charge is 2.28. The van der Waals surface area contributed by atoms with Crippen molar-refractivity contribution in [3.63, 3.8) is 0 Å². The fraction of sp³-hybridized carbons (Fsp3) is 0.438. The molecule has 8 heteroatoms. The van der Waals surface area contributed by atoms with Crippen molar-refractivity contribution in [2.24, 2.45) is 5.92 Å². The first-order valence-electron chi connectivity index (χ1n) is 7.34. The Balaban J connectivity index is 2.82. The van der Waals surface area contributed by atoms with Gasteiger partial charge in [-0.2, -0.15) is 0 Å². The standard InChI is InChI=1S/C16H18BrNO6/c1-10(19)24-9-14(20)13(4-2-3-5-15(21)22)16(23)11-6-12(17)8-18-7-11/h6-8,13H,2-5,9H2,1H3,(H,21,22). The van der Waals surface area contributed by atoms with Crippen LogP contribution in [0.15, 0.2) is 22.9 Å². The van der Waals surface area contributed by atoms with Gasteiger partial charge in [0.2, 0.25) is 0 Å². The number of carbonyl (C=O) groups is 4. The molecular weight excluding hydrogens is 382 g/mol. The summed E-state index contributed by atoms with van der Waals surface area (Å²) in [5.41, 5.74) is 0.267. The second kappa shape index (κ2) is 9.92. The van der Waals surface area contributed by atoms with Crippen molar-refractivity contribution in [3.8, 4) is 0 Å². The van der Waals surface area contributed by atoms with Gasteiger partial charge in [0, 0.05) is 35.8 Å². The van der Waals surface area contributed by atoms with Crippen LogP contribution in [0.2, 0.25) is 0 Å². The number of ketones is 2. The molecule has 24 heavy (non-hydrogen) atoms. The first kappa shape index (κ1) is 20.0.